The van der Waals surface area contributed by atoms with Crippen LogP contribution in [0.1, 0.15) is 42.1 Å². The first-order chi connectivity index (χ1) is 11.7. The van der Waals surface area contributed by atoms with Crippen LogP contribution in [-0.2, 0) is 6.42 Å². The molecule has 1 saturated heterocycles. The number of carboxylic acid groups (broad SMARTS) is 1. The molecule has 0 radical (unpaired) electrons. The Balaban J connectivity index is 1.73. The molecule has 2 aromatic carbocycles. The molecule has 0 amide bonds. The van der Waals surface area contributed by atoms with E-state index >= 15 is 0 Å². The summed E-state index contributed by atoms with van der Waals surface area (Å²) in [6.07, 6.45) is 4.63. The fourth-order valence-corrected chi connectivity index (χ4v) is 3.47. The Hall–Kier alpha value is -2.07. The molecule has 128 valence electrons. The Morgan fingerprint density at radius 3 is 2.67 bits per heavy atom. The molecular formula is C20H25NO3. The van der Waals surface area contributed by atoms with Crippen LogP contribution in [0.3, 0.4) is 0 Å². The van der Waals surface area contributed by atoms with Crippen LogP contribution in [0.2, 0.25) is 0 Å². The number of carbonyl (C=O) groups is 1. The first-order valence-electron chi connectivity index (χ1n) is 8.83. The molecule has 0 saturated carbocycles. The van der Waals surface area contributed by atoms with E-state index in [9.17, 15) is 9.90 Å². The van der Waals surface area contributed by atoms with Gasteiger partial charge in [0.2, 0.25) is 0 Å². The van der Waals surface area contributed by atoms with Gasteiger partial charge in [-0.25, -0.2) is 4.79 Å². The highest BCUT2D eigenvalue weighted by atomic mass is 16.5. The van der Waals surface area contributed by atoms with Gasteiger partial charge in [0.25, 0.3) is 0 Å². The summed E-state index contributed by atoms with van der Waals surface area (Å²) in [5, 5.41) is 11.2. The Bertz CT molecular complexity index is 720. The quantitative estimate of drug-likeness (QED) is 0.872. The van der Waals surface area contributed by atoms with Crippen molar-refractivity contribution in [3.05, 3.63) is 41.5 Å². The summed E-state index contributed by atoms with van der Waals surface area (Å²) in [4.78, 5) is 14.0. The van der Waals surface area contributed by atoms with E-state index < -0.39 is 5.97 Å². The average molecular weight is 327 g/mol. The number of likely N-dealkylation sites (tertiary alicyclic amines) is 1. The van der Waals surface area contributed by atoms with E-state index in [1.54, 1.807) is 0 Å². The van der Waals surface area contributed by atoms with Crippen LogP contribution < -0.4 is 4.74 Å². The van der Waals surface area contributed by atoms with Crippen LogP contribution in [0.15, 0.2) is 30.3 Å². The summed E-state index contributed by atoms with van der Waals surface area (Å²) in [5.74, 6) is -0.0590. The number of hydrogen-bond donors (Lipinski definition) is 1. The second-order valence-electron chi connectivity index (χ2n) is 6.39. The summed E-state index contributed by atoms with van der Waals surface area (Å²) < 4.78 is 5.88. The monoisotopic (exact) mass is 327 g/mol. The molecule has 0 spiro atoms. The van der Waals surface area contributed by atoms with Crippen LogP contribution in [0.5, 0.6) is 5.75 Å². The summed E-state index contributed by atoms with van der Waals surface area (Å²) in [6.45, 7) is 5.94. The minimum absolute atomic E-state index is 0.412. The van der Waals surface area contributed by atoms with E-state index in [4.69, 9.17) is 4.74 Å². The number of carboxylic acids is 1. The van der Waals surface area contributed by atoms with Gasteiger partial charge in [-0.05, 0) is 66.9 Å². The number of benzene rings is 2. The average Bonchev–Trinajstić information content (AvgIpc) is 2.61. The first-order valence-corrected chi connectivity index (χ1v) is 8.83. The Labute approximate surface area is 143 Å². The molecule has 0 aliphatic carbocycles. The van der Waals surface area contributed by atoms with E-state index in [0.717, 1.165) is 28.6 Å². The molecule has 0 bridgehead atoms. The van der Waals surface area contributed by atoms with Gasteiger partial charge >= 0.3 is 5.97 Å². The van der Waals surface area contributed by atoms with Crippen LogP contribution in [-0.4, -0.2) is 42.2 Å². The van der Waals surface area contributed by atoms with Gasteiger partial charge in [-0.15, -0.1) is 0 Å². The Morgan fingerprint density at radius 1 is 1.17 bits per heavy atom. The molecule has 1 heterocycles. The van der Waals surface area contributed by atoms with Crippen LogP contribution in [0, 0.1) is 0 Å². The maximum absolute atomic E-state index is 11.6. The van der Waals surface area contributed by atoms with Gasteiger partial charge in [-0.2, -0.15) is 0 Å². The predicted octanol–water partition coefficient (Wildman–Crippen LogP) is 3.97. The molecule has 1 fully saturated rings. The molecule has 2 aromatic rings. The third kappa shape index (κ3) is 3.70. The Kier molecular flexibility index (Phi) is 5.36. The summed E-state index contributed by atoms with van der Waals surface area (Å²) >= 11 is 0. The molecule has 1 aliphatic rings. The number of ether oxygens (including phenoxy) is 1. The second kappa shape index (κ2) is 7.67. The lowest BCUT2D eigenvalue weighted by atomic mass is 9.97. The van der Waals surface area contributed by atoms with E-state index in [-0.39, 0.29) is 0 Å². The molecule has 3 rings (SSSR count). The topological polar surface area (TPSA) is 49.8 Å². The van der Waals surface area contributed by atoms with Gasteiger partial charge in [0.05, 0.1) is 5.56 Å². The third-order valence-electron chi connectivity index (χ3n) is 4.80. The lowest BCUT2D eigenvalue weighted by Gasteiger charge is -2.26. The highest BCUT2D eigenvalue weighted by Crippen LogP contribution is 2.27. The zero-order valence-electron chi connectivity index (χ0n) is 14.3. The standard InChI is InChI=1S/C20H25NO3/c1-2-15-6-7-16-14-17(8-9-18(16)19(15)20(22)23)24-13-12-21-10-4-3-5-11-21/h6-9,14H,2-5,10-13H2,1H3,(H,22,23). The minimum atomic E-state index is -0.865. The fourth-order valence-electron chi connectivity index (χ4n) is 3.47. The van der Waals surface area contributed by atoms with Crippen LogP contribution >= 0.6 is 0 Å². The number of piperidine rings is 1. The largest absolute Gasteiger partial charge is 0.492 e. The molecule has 4 heteroatoms. The van der Waals surface area contributed by atoms with E-state index in [1.165, 1.54) is 32.4 Å². The normalized spacial score (nSPS) is 15.5. The number of aryl methyl sites for hydroxylation is 1. The molecule has 0 aromatic heterocycles. The highest BCUT2D eigenvalue weighted by Gasteiger charge is 2.14. The van der Waals surface area contributed by atoms with Crippen molar-refractivity contribution in [3.63, 3.8) is 0 Å². The van der Waals surface area contributed by atoms with Gasteiger partial charge in [-0.3, -0.25) is 4.90 Å². The fraction of sp³-hybridized carbons (Fsp3) is 0.450. The molecule has 1 N–H and O–H groups in total. The molecule has 4 nitrogen and oxygen atoms in total. The van der Waals surface area contributed by atoms with Crippen molar-refractivity contribution < 1.29 is 14.6 Å². The number of fused-ring (bicyclic) bond motifs is 1. The highest BCUT2D eigenvalue weighted by molar-refractivity contribution is 6.05. The zero-order chi connectivity index (χ0) is 16.9. The van der Waals surface area contributed by atoms with Crippen molar-refractivity contribution in [2.45, 2.75) is 32.6 Å². The van der Waals surface area contributed by atoms with Gasteiger partial charge in [0.1, 0.15) is 12.4 Å². The van der Waals surface area contributed by atoms with E-state index in [1.807, 2.05) is 37.3 Å². The number of nitrogens with zero attached hydrogens (tertiary/aromatic N) is 1. The number of rotatable bonds is 6. The lowest BCUT2D eigenvalue weighted by molar-refractivity contribution is 0.0698. The van der Waals surface area contributed by atoms with Crippen molar-refractivity contribution in [2.75, 3.05) is 26.2 Å². The SMILES string of the molecule is CCc1ccc2cc(OCCN3CCCCC3)ccc2c1C(=O)O. The maximum Gasteiger partial charge on any atom is 0.336 e. The third-order valence-corrected chi connectivity index (χ3v) is 4.80. The van der Waals surface area contributed by atoms with Crippen molar-refractivity contribution in [3.8, 4) is 5.75 Å². The summed E-state index contributed by atoms with van der Waals surface area (Å²) in [7, 11) is 0. The lowest BCUT2D eigenvalue weighted by Crippen LogP contribution is -2.33. The van der Waals surface area contributed by atoms with E-state index in [0.29, 0.717) is 18.6 Å². The van der Waals surface area contributed by atoms with Crippen molar-refractivity contribution in [2.24, 2.45) is 0 Å². The van der Waals surface area contributed by atoms with Gasteiger partial charge in [0, 0.05) is 6.54 Å². The van der Waals surface area contributed by atoms with Crippen molar-refractivity contribution >= 4 is 16.7 Å². The van der Waals surface area contributed by atoms with Crippen LogP contribution in [0.4, 0.5) is 0 Å². The molecular weight excluding hydrogens is 302 g/mol. The molecule has 24 heavy (non-hydrogen) atoms. The number of hydrogen-bond acceptors (Lipinski definition) is 3. The minimum Gasteiger partial charge on any atom is -0.492 e. The van der Waals surface area contributed by atoms with E-state index in [2.05, 4.69) is 4.90 Å². The molecule has 1 aliphatic heterocycles. The summed E-state index contributed by atoms with van der Waals surface area (Å²) in [6, 6.07) is 9.58. The van der Waals surface area contributed by atoms with Gasteiger partial charge < -0.3 is 9.84 Å². The van der Waals surface area contributed by atoms with Crippen molar-refractivity contribution in [1.29, 1.82) is 0 Å². The van der Waals surface area contributed by atoms with Crippen LogP contribution in [0.25, 0.3) is 10.8 Å². The molecule has 0 atom stereocenters. The van der Waals surface area contributed by atoms with Gasteiger partial charge in [-0.1, -0.05) is 25.5 Å². The zero-order valence-corrected chi connectivity index (χ0v) is 14.3. The first kappa shape index (κ1) is 16.8. The summed E-state index contributed by atoms with van der Waals surface area (Å²) in [5.41, 5.74) is 1.28. The second-order valence-corrected chi connectivity index (χ2v) is 6.39. The Morgan fingerprint density at radius 2 is 1.96 bits per heavy atom. The van der Waals surface area contributed by atoms with Crippen molar-refractivity contribution in [1.82, 2.24) is 4.90 Å². The smallest absolute Gasteiger partial charge is 0.336 e. The van der Waals surface area contributed by atoms with Gasteiger partial charge in [0.15, 0.2) is 0 Å². The maximum atomic E-state index is 11.6. The molecule has 0 unspecified atom stereocenters. The number of aromatic carboxylic acids is 1. The predicted molar refractivity (Wildman–Crippen MR) is 96.1 cm³/mol.